The van der Waals surface area contributed by atoms with Crippen LogP contribution in [0.4, 0.5) is 11.6 Å². The number of rotatable bonds is 5. The molecule has 3 aromatic rings. The summed E-state index contributed by atoms with van der Waals surface area (Å²) in [6.45, 7) is 4.10. The minimum absolute atomic E-state index is 0.0171. The highest BCUT2D eigenvalue weighted by Crippen LogP contribution is 2.47. The molecule has 9 heteroatoms. The Kier molecular flexibility index (Phi) is 5.28. The minimum Gasteiger partial charge on any atom is -0.328 e. The van der Waals surface area contributed by atoms with Crippen LogP contribution in [-0.4, -0.2) is 25.5 Å². The predicted octanol–water partition coefficient (Wildman–Crippen LogP) is 5.14. The molecule has 5 rings (SSSR count). The van der Waals surface area contributed by atoms with Crippen LogP contribution in [0.2, 0.25) is 0 Å². The number of carbonyl (C=O) groups excluding carboxylic acids is 1. The molecule has 1 atom stereocenters. The second-order valence-electron chi connectivity index (χ2n) is 9.11. The summed E-state index contributed by atoms with van der Waals surface area (Å²) in [6, 6.07) is 15.9. The fourth-order valence-electron chi connectivity index (χ4n) is 4.55. The van der Waals surface area contributed by atoms with E-state index in [2.05, 4.69) is 29.2 Å². The zero-order valence-electron chi connectivity index (χ0n) is 18.3. The maximum atomic E-state index is 13.3. The van der Waals surface area contributed by atoms with Crippen LogP contribution in [0.3, 0.4) is 0 Å². The van der Waals surface area contributed by atoms with Gasteiger partial charge in [-0.15, -0.1) is 5.10 Å². The number of benzene rings is 2. The number of para-hydroxylation sites is 1. The Bertz CT molecular complexity index is 1280. The molecule has 2 aromatic carbocycles. The van der Waals surface area contributed by atoms with Crippen LogP contribution < -0.4 is 5.32 Å². The molecule has 8 nitrogen and oxygen atoms in total. The Hall–Kier alpha value is -3.46. The van der Waals surface area contributed by atoms with Crippen molar-refractivity contribution >= 4 is 29.2 Å². The van der Waals surface area contributed by atoms with Crippen LogP contribution in [-0.2, 0) is 10.5 Å². The Morgan fingerprint density at radius 3 is 2.64 bits per heavy atom. The van der Waals surface area contributed by atoms with Crippen LogP contribution in [0.1, 0.15) is 43.9 Å². The highest BCUT2D eigenvalue weighted by Gasteiger charge is 2.43. The number of carbonyl (C=O) groups is 1. The number of ketones is 1. The first-order chi connectivity index (χ1) is 15.8. The van der Waals surface area contributed by atoms with E-state index in [1.165, 1.54) is 17.8 Å². The minimum atomic E-state index is -0.694. The summed E-state index contributed by atoms with van der Waals surface area (Å²) in [6.07, 6.45) is 1.04. The molecule has 1 aromatic heterocycles. The van der Waals surface area contributed by atoms with Gasteiger partial charge in [0.1, 0.15) is 6.04 Å². The van der Waals surface area contributed by atoms with Crippen LogP contribution >= 0.6 is 11.8 Å². The van der Waals surface area contributed by atoms with E-state index in [4.69, 9.17) is 0 Å². The number of allylic oxidation sites excluding steroid dienone is 2. The second-order valence-corrected chi connectivity index (χ2v) is 10.1. The van der Waals surface area contributed by atoms with Gasteiger partial charge in [0.05, 0.1) is 10.5 Å². The van der Waals surface area contributed by atoms with Gasteiger partial charge >= 0.3 is 0 Å². The Morgan fingerprint density at radius 2 is 1.88 bits per heavy atom. The first kappa shape index (κ1) is 21.4. The van der Waals surface area contributed by atoms with Crippen molar-refractivity contribution in [3.8, 4) is 0 Å². The van der Waals surface area contributed by atoms with Gasteiger partial charge in [0.15, 0.2) is 5.78 Å². The van der Waals surface area contributed by atoms with Crippen molar-refractivity contribution in [2.24, 2.45) is 5.41 Å². The fraction of sp³-hybridized carbons (Fsp3) is 0.292. The first-order valence-corrected chi connectivity index (χ1v) is 11.7. The Labute approximate surface area is 195 Å². The number of Topliss-reactive ketones (excluding diaryl/α,β-unsaturated/α-hetero) is 1. The van der Waals surface area contributed by atoms with Crippen molar-refractivity contribution in [2.75, 3.05) is 5.32 Å². The van der Waals surface area contributed by atoms with Gasteiger partial charge in [0.2, 0.25) is 11.1 Å². The average Bonchev–Trinajstić information content (AvgIpc) is 3.18. The Balaban J connectivity index is 1.59. The van der Waals surface area contributed by atoms with Gasteiger partial charge in [0.25, 0.3) is 5.69 Å². The van der Waals surface area contributed by atoms with Crippen molar-refractivity contribution in [1.82, 2.24) is 14.8 Å². The third-order valence-electron chi connectivity index (χ3n) is 5.95. The van der Waals surface area contributed by atoms with E-state index in [-0.39, 0.29) is 16.9 Å². The summed E-state index contributed by atoms with van der Waals surface area (Å²) in [5, 5.41) is 20.4. The number of nitrogens with zero attached hydrogens (tertiary/aromatic N) is 4. The number of aromatic nitrogens is 3. The fourth-order valence-corrected chi connectivity index (χ4v) is 5.33. The predicted molar refractivity (Wildman–Crippen MR) is 126 cm³/mol. The number of fused-ring (bicyclic) bond motifs is 1. The molecule has 0 amide bonds. The molecule has 1 aliphatic carbocycles. The third-order valence-corrected chi connectivity index (χ3v) is 6.86. The molecule has 1 unspecified atom stereocenters. The lowest BCUT2D eigenvalue weighted by Crippen LogP contribution is -2.36. The highest BCUT2D eigenvalue weighted by atomic mass is 32.2. The van der Waals surface area contributed by atoms with E-state index in [0.29, 0.717) is 40.8 Å². The van der Waals surface area contributed by atoms with E-state index in [0.717, 1.165) is 11.3 Å². The number of hydrogen-bond donors (Lipinski definition) is 1. The van der Waals surface area contributed by atoms with Gasteiger partial charge in [-0.3, -0.25) is 14.9 Å². The summed E-state index contributed by atoms with van der Waals surface area (Å²) in [5.41, 5.74) is 2.67. The summed E-state index contributed by atoms with van der Waals surface area (Å²) in [7, 11) is 0. The number of hydrogen-bond acceptors (Lipinski definition) is 7. The second kappa shape index (κ2) is 8.15. The number of nitro groups is 1. The normalized spacial score (nSPS) is 19.0. The SMILES string of the molecule is CC1(C)CC(=O)C2=C(C1)Nc1nc(SCc3ccccc3)nn1C2c1ccccc1[N+](=O)[O-]. The van der Waals surface area contributed by atoms with Crippen molar-refractivity contribution in [3.63, 3.8) is 0 Å². The molecule has 2 heterocycles. The Morgan fingerprint density at radius 1 is 1.15 bits per heavy atom. The molecule has 1 N–H and O–H groups in total. The van der Waals surface area contributed by atoms with Gasteiger partial charge in [-0.25, -0.2) is 4.68 Å². The van der Waals surface area contributed by atoms with E-state index in [1.807, 2.05) is 30.3 Å². The van der Waals surface area contributed by atoms with Gasteiger partial charge in [0, 0.05) is 29.5 Å². The number of anilines is 1. The molecule has 0 saturated carbocycles. The van der Waals surface area contributed by atoms with Gasteiger partial charge in [-0.1, -0.05) is 68.1 Å². The standard InChI is InChI=1S/C24H23N5O3S/c1-24(2)12-17-20(19(30)13-24)21(16-10-6-7-11-18(16)29(31)32)28-22(25-17)26-23(27-28)33-14-15-8-4-3-5-9-15/h3-11,21H,12-14H2,1-2H3,(H,25,26,27). The maximum Gasteiger partial charge on any atom is 0.275 e. The number of nitro benzene ring substituents is 1. The third kappa shape index (κ3) is 4.04. The molecule has 1 aliphatic heterocycles. The molecule has 2 aliphatic rings. The van der Waals surface area contributed by atoms with Crippen molar-refractivity contribution in [3.05, 3.63) is 87.1 Å². The van der Waals surface area contributed by atoms with Crippen LogP contribution in [0, 0.1) is 15.5 Å². The van der Waals surface area contributed by atoms with Crippen molar-refractivity contribution < 1.29 is 9.72 Å². The molecule has 0 fully saturated rings. The zero-order chi connectivity index (χ0) is 23.2. The molecule has 0 saturated heterocycles. The van der Waals surface area contributed by atoms with Crippen molar-refractivity contribution in [2.45, 2.75) is 43.6 Å². The summed E-state index contributed by atoms with van der Waals surface area (Å²) < 4.78 is 1.63. The van der Waals surface area contributed by atoms with Crippen LogP contribution in [0.5, 0.6) is 0 Å². The lowest BCUT2D eigenvalue weighted by atomic mass is 9.73. The van der Waals surface area contributed by atoms with Crippen LogP contribution in [0.15, 0.2) is 71.0 Å². The van der Waals surface area contributed by atoms with Gasteiger partial charge in [-0.05, 0) is 23.5 Å². The van der Waals surface area contributed by atoms with Crippen molar-refractivity contribution in [1.29, 1.82) is 0 Å². The lowest BCUT2D eigenvalue weighted by Gasteiger charge is -2.38. The molecule has 33 heavy (non-hydrogen) atoms. The molecule has 0 bridgehead atoms. The van der Waals surface area contributed by atoms with E-state index >= 15 is 0 Å². The molecular weight excluding hydrogens is 438 g/mol. The lowest BCUT2D eigenvalue weighted by molar-refractivity contribution is -0.385. The molecule has 168 valence electrons. The van der Waals surface area contributed by atoms with E-state index < -0.39 is 11.0 Å². The summed E-state index contributed by atoms with van der Waals surface area (Å²) in [4.78, 5) is 29.4. The zero-order valence-corrected chi connectivity index (χ0v) is 19.1. The highest BCUT2D eigenvalue weighted by molar-refractivity contribution is 7.98. The molecule has 0 radical (unpaired) electrons. The van der Waals surface area contributed by atoms with E-state index in [9.17, 15) is 14.9 Å². The summed E-state index contributed by atoms with van der Waals surface area (Å²) >= 11 is 1.49. The monoisotopic (exact) mass is 461 g/mol. The molecule has 0 spiro atoms. The maximum absolute atomic E-state index is 13.3. The quantitative estimate of drug-likeness (QED) is 0.319. The van der Waals surface area contributed by atoms with E-state index in [1.54, 1.807) is 22.9 Å². The number of nitrogens with one attached hydrogen (secondary N) is 1. The topological polar surface area (TPSA) is 103 Å². The summed E-state index contributed by atoms with van der Waals surface area (Å²) in [5.74, 6) is 1.18. The first-order valence-electron chi connectivity index (χ1n) is 10.7. The molecular formula is C24H23N5O3S. The van der Waals surface area contributed by atoms with Crippen LogP contribution in [0.25, 0.3) is 0 Å². The smallest absolute Gasteiger partial charge is 0.275 e. The average molecular weight is 462 g/mol. The number of thioether (sulfide) groups is 1. The van der Waals surface area contributed by atoms with Gasteiger partial charge < -0.3 is 5.32 Å². The van der Waals surface area contributed by atoms with Gasteiger partial charge in [-0.2, -0.15) is 4.98 Å². The largest absolute Gasteiger partial charge is 0.328 e.